The van der Waals surface area contributed by atoms with Crippen LogP contribution in [0, 0.1) is 5.92 Å². The zero-order chi connectivity index (χ0) is 8.97. The molecule has 2 atom stereocenters. The molecule has 0 N–H and O–H groups in total. The first-order valence-corrected chi connectivity index (χ1v) is 3.86. The molecule has 1 aliphatic heterocycles. The number of hydrogen-bond donors (Lipinski definition) is 0. The molecular formula is C8H10O4. The van der Waals surface area contributed by atoms with E-state index in [4.69, 9.17) is 4.74 Å². The zero-order valence-corrected chi connectivity index (χ0v) is 6.56. The number of aldehydes is 2. The van der Waals surface area contributed by atoms with Crippen molar-refractivity contribution in [2.75, 3.05) is 0 Å². The Morgan fingerprint density at radius 3 is 2.83 bits per heavy atom. The van der Waals surface area contributed by atoms with E-state index in [0.29, 0.717) is 12.8 Å². The third-order valence-corrected chi connectivity index (χ3v) is 1.91. The summed E-state index contributed by atoms with van der Waals surface area (Å²) in [6, 6.07) is 0. The predicted molar refractivity (Wildman–Crippen MR) is 39.3 cm³/mol. The molecule has 0 aromatic heterocycles. The quantitative estimate of drug-likeness (QED) is 0.443. The highest BCUT2D eigenvalue weighted by Gasteiger charge is 2.33. The van der Waals surface area contributed by atoms with Crippen LogP contribution in [-0.4, -0.2) is 24.6 Å². The Balaban J connectivity index is 2.45. The van der Waals surface area contributed by atoms with Gasteiger partial charge in [-0.05, 0) is 6.42 Å². The molecule has 0 bridgehead atoms. The Kier molecular flexibility index (Phi) is 2.96. The van der Waals surface area contributed by atoms with E-state index in [0.717, 1.165) is 12.6 Å². The Morgan fingerprint density at radius 1 is 1.50 bits per heavy atom. The van der Waals surface area contributed by atoms with Crippen molar-refractivity contribution in [3.05, 3.63) is 0 Å². The van der Waals surface area contributed by atoms with Crippen LogP contribution < -0.4 is 0 Å². The van der Waals surface area contributed by atoms with Gasteiger partial charge in [0, 0.05) is 6.42 Å². The van der Waals surface area contributed by atoms with Crippen LogP contribution in [0.4, 0.5) is 0 Å². The molecule has 0 aromatic carbocycles. The summed E-state index contributed by atoms with van der Waals surface area (Å²) in [6.45, 7) is 0. The lowest BCUT2D eigenvalue weighted by Crippen LogP contribution is -2.17. The third kappa shape index (κ3) is 1.90. The van der Waals surface area contributed by atoms with Gasteiger partial charge in [0.25, 0.3) is 0 Å². The van der Waals surface area contributed by atoms with Gasteiger partial charge < -0.3 is 14.3 Å². The molecule has 66 valence electrons. The fraction of sp³-hybridized carbons (Fsp3) is 0.625. The highest BCUT2D eigenvalue weighted by molar-refractivity contribution is 5.77. The van der Waals surface area contributed by atoms with Crippen molar-refractivity contribution in [2.24, 2.45) is 5.92 Å². The molecule has 1 heterocycles. The smallest absolute Gasteiger partial charge is 0.306 e. The van der Waals surface area contributed by atoms with Crippen molar-refractivity contribution in [1.82, 2.24) is 0 Å². The molecule has 1 fully saturated rings. The number of rotatable bonds is 4. The van der Waals surface area contributed by atoms with E-state index in [-0.39, 0.29) is 24.4 Å². The van der Waals surface area contributed by atoms with Gasteiger partial charge >= 0.3 is 5.97 Å². The summed E-state index contributed by atoms with van der Waals surface area (Å²) in [4.78, 5) is 31.1. The molecule has 12 heavy (non-hydrogen) atoms. The zero-order valence-electron chi connectivity index (χ0n) is 6.56. The molecule has 0 aromatic rings. The van der Waals surface area contributed by atoms with Gasteiger partial charge in [-0.25, -0.2) is 0 Å². The minimum Gasteiger partial charge on any atom is -0.462 e. The van der Waals surface area contributed by atoms with Crippen LogP contribution in [0.2, 0.25) is 0 Å². The Bertz CT molecular complexity index is 199. The summed E-state index contributed by atoms with van der Waals surface area (Å²) >= 11 is 0. The Morgan fingerprint density at radius 2 is 2.25 bits per heavy atom. The molecule has 1 rings (SSSR count). The van der Waals surface area contributed by atoms with Crippen molar-refractivity contribution in [3.8, 4) is 0 Å². The number of ether oxygens (including phenoxy) is 1. The normalized spacial score (nSPS) is 28.2. The van der Waals surface area contributed by atoms with E-state index in [1.165, 1.54) is 0 Å². The summed E-state index contributed by atoms with van der Waals surface area (Å²) in [7, 11) is 0. The fourth-order valence-corrected chi connectivity index (χ4v) is 1.27. The number of carbonyl (C=O) groups excluding carboxylic acids is 3. The average Bonchev–Trinajstić information content (AvgIpc) is 2.42. The van der Waals surface area contributed by atoms with Crippen LogP contribution in [0.3, 0.4) is 0 Å². The van der Waals surface area contributed by atoms with Crippen LogP contribution in [0.25, 0.3) is 0 Å². The van der Waals surface area contributed by atoms with Crippen molar-refractivity contribution in [1.29, 1.82) is 0 Å². The number of cyclic esters (lactones) is 1. The van der Waals surface area contributed by atoms with Crippen molar-refractivity contribution in [3.63, 3.8) is 0 Å². The molecule has 0 radical (unpaired) electrons. The summed E-state index contributed by atoms with van der Waals surface area (Å²) in [5.41, 5.74) is 0. The first-order chi connectivity index (χ1) is 5.77. The van der Waals surface area contributed by atoms with Crippen LogP contribution in [0.15, 0.2) is 0 Å². The highest BCUT2D eigenvalue weighted by atomic mass is 16.5. The fourth-order valence-electron chi connectivity index (χ4n) is 1.27. The minimum atomic E-state index is -0.375. The number of hydrogen-bond acceptors (Lipinski definition) is 4. The second-order valence-electron chi connectivity index (χ2n) is 2.78. The van der Waals surface area contributed by atoms with Gasteiger partial charge in [-0.3, -0.25) is 4.79 Å². The first-order valence-electron chi connectivity index (χ1n) is 3.86. The summed E-state index contributed by atoms with van der Waals surface area (Å²) in [5.74, 6) is -0.694. The number of esters is 1. The summed E-state index contributed by atoms with van der Waals surface area (Å²) < 4.78 is 4.84. The Labute approximate surface area is 69.9 Å². The van der Waals surface area contributed by atoms with E-state index in [2.05, 4.69) is 0 Å². The van der Waals surface area contributed by atoms with E-state index < -0.39 is 0 Å². The van der Waals surface area contributed by atoms with Crippen molar-refractivity contribution < 1.29 is 19.1 Å². The molecule has 4 nitrogen and oxygen atoms in total. The maximum absolute atomic E-state index is 10.7. The minimum absolute atomic E-state index is 0.160. The lowest BCUT2D eigenvalue weighted by molar-refractivity contribution is -0.142. The molecule has 1 aliphatic rings. The third-order valence-electron chi connectivity index (χ3n) is 1.91. The molecule has 4 heteroatoms. The van der Waals surface area contributed by atoms with Crippen LogP contribution >= 0.6 is 0 Å². The van der Waals surface area contributed by atoms with E-state index in [9.17, 15) is 14.4 Å². The molecule has 0 aliphatic carbocycles. The lowest BCUT2D eigenvalue weighted by Gasteiger charge is -2.09. The topological polar surface area (TPSA) is 60.4 Å². The second-order valence-corrected chi connectivity index (χ2v) is 2.78. The molecule has 1 saturated heterocycles. The van der Waals surface area contributed by atoms with Crippen LogP contribution in [0.5, 0.6) is 0 Å². The monoisotopic (exact) mass is 170 g/mol. The Hall–Kier alpha value is -1.19. The van der Waals surface area contributed by atoms with Crippen LogP contribution in [-0.2, 0) is 19.1 Å². The van der Waals surface area contributed by atoms with Gasteiger partial charge in [0.05, 0.1) is 12.3 Å². The van der Waals surface area contributed by atoms with Gasteiger partial charge in [0.2, 0.25) is 0 Å². The molecule has 0 saturated carbocycles. The van der Waals surface area contributed by atoms with E-state index in [1.54, 1.807) is 0 Å². The molecule has 0 spiro atoms. The standard InChI is InChI=1S/C8H10O4/c9-3-1-2-7-6(5-10)4-8(11)12-7/h3,5-7H,1-2,4H2/t6-,7+/m1/s1. The van der Waals surface area contributed by atoms with Crippen molar-refractivity contribution >= 4 is 18.5 Å². The van der Waals surface area contributed by atoms with Gasteiger partial charge in [0.1, 0.15) is 18.7 Å². The molecule has 0 unspecified atom stereocenters. The first kappa shape index (κ1) is 8.90. The number of carbonyl (C=O) groups is 3. The second kappa shape index (κ2) is 3.99. The van der Waals surface area contributed by atoms with Gasteiger partial charge in [-0.1, -0.05) is 0 Å². The lowest BCUT2D eigenvalue weighted by atomic mass is 10.00. The molecule has 0 amide bonds. The van der Waals surface area contributed by atoms with Crippen molar-refractivity contribution in [2.45, 2.75) is 25.4 Å². The van der Waals surface area contributed by atoms with E-state index >= 15 is 0 Å². The van der Waals surface area contributed by atoms with Gasteiger partial charge in [0.15, 0.2) is 0 Å². The summed E-state index contributed by atoms with van der Waals surface area (Å²) in [5, 5.41) is 0. The van der Waals surface area contributed by atoms with Gasteiger partial charge in [-0.15, -0.1) is 0 Å². The highest BCUT2D eigenvalue weighted by Crippen LogP contribution is 2.23. The maximum atomic E-state index is 10.7. The summed E-state index contributed by atoms with van der Waals surface area (Å²) in [6.07, 6.45) is 2.06. The molecular weight excluding hydrogens is 160 g/mol. The van der Waals surface area contributed by atoms with E-state index in [1.807, 2.05) is 0 Å². The average molecular weight is 170 g/mol. The van der Waals surface area contributed by atoms with Crippen LogP contribution in [0.1, 0.15) is 19.3 Å². The maximum Gasteiger partial charge on any atom is 0.306 e. The SMILES string of the molecule is O=CCC[C@@H]1OC(=O)C[C@@H]1C=O. The van der Waals surface area contributed by atoms with Gasteiger partial charge in [-0.2, -0.15) is 0 Å². The largest absolute Gasteiger partial charge is 0.462 e. The predicted octanol–water partition coefficient (Wildman–Crippen LogP) is 0.0961.